The summed E-state index contributed by atoms with van der Waals surface area (Å²) in [5.74, 6) is -3.25. The maximum atomic E-state index is 12.4. The molecule has 8 heteroatoms. The van der Waals surface area contributed by atoms with Gasteiger partial charge in [-0.25, -0.2) is 0 Å². The smallest absolute Gasteiger partial charge is 0.363 e. The van der Waals surface area contributed by atoms with Crippen LogP contribution in [-0.2, 0) is 19.1 Å². The van der Waals surface area contributed by atoms with Gasteiger partial charge in [-0.1, -0.05) is 0 Å². The van der Waals surface area contributed by atoms with Crippen molar-refractivity contribution in [2.24, 2.45) is 0 Å². The van der Waals surface area contributed by atoms with Crippen molar-refractivity contribution in [1.82, 2.24) is 4.98 Å². The molecule has 23 heavy (non-hydrogen) atoms. The Hall–Kier alpha value is -2.51. The molecule has 0 spiro atoms. The van der Waals surface area contributed by atoms with E-state index < -0.39 is 28.4 Å². The van der Waals surface area contributed by atoms with Gasteiger partial charge < -0.3 is 19.6 Å². The quantitative estimate of drug-likeness (QED) is 0.354. The third kappa shape index (κ3) is 5.01. The topological polar surface area (TPSA) is 109 Å². The number of carbonyl (C=O) groups is 2. The molecule has 0 aliphatic carbocycles. The first kappa shape index (κ1) is 18.5. The van der Waals surface area contributed by atoms with Gasteiger partial charge in [0.2, 0.25) is 0 Å². The van der Waals surface area contributed by atoms with Crippen LogP contribution in [0, 0.1) is 17.0 Å². The Balaban J connectivity index is 3.27. The Morgan fingerprint density at radius 1 is 1.35 bits per heavy atom. The zero-order valence-electron chi connectivity index (χ0n) is 13.8. The highest BCUT2D eigenvalue weighted by Crippen LogP contribution is 2.26. The monoisotopic (exact) mass is 324 g/mol. The van der Waals surface area contributed by atoms with Gasteiger partial charge in [0.1, 0.15) is 11.8 Å². The van der Waals surface area contributed by atoms with Crippen LogP contribution in [0.5, 0.6) is 0 Å². The molecule has 8 nitrogen and oxygen atoms in total. The first-order valence-corrected chi connectivity index (χ1v) is 7.07. The van der Waals surface area contributed by atoms with E-state index in [0.717, 1.165) is 6.20 Å². The summed E-state index contributed by atoms with van der Waals surface area (Å²) in [5.41, 5.74) is -0.178. The summed E-state index contributed by atoms with van der Waals surface area (Å²) in [6, 6.07) is 1.20. The average Bonchev–Trinajstić information content (AvgIpc) is 2.38. The van der Waals surface area contributed by atoms with E-state index in [4.69, 9.17) is 9.47 Å². The number of ether oxygens (including phenoxy) is 2. The molecule has 0 radical (unpaired) electrons. The fourth-order valence-corrected chi connectivity index (χ4v) is 1.89. The van der Waals surface area contributed by atoms with Crippen molar-refractivity contribution in [2.75, 3.05) is 6.61 Å². The van der Waals surface area contributed by atoms with Gasteiger partial charge in [-0.2, -0.15) is 0 Å². The van der Waals surface area contributed by atoms with E-state index in [2.05, 4.69) is 4.98 Å². The number of hydrogen-bond acceptors (Lipinski definition) is 7. The number of rotatable bonds is 5. The van der Waals surface area contributed by atoms with Crippen LogP contribution in [0.25, 0.3) is 0 Å². The van der Waals surface area contributed by atoms with Crippen LogP contribution in [0.4, 0.5) is 5.82 Å². The highest BCUT2D eigenvalue weighted by molar-refractivity contribution is 6.01. The molecular weight excluding hydrogens is 304 g/mol. The third-order valence-electron chi connectivity index (χ3n) is 2.80. The minimum Gasteiger partial charge on any atom is -0.465 e. The maximum absolute atomic E-state index is 12.4. The molecule has 0 aromatic carbocycles. The lowest BCUT2D eigenvalue weighted by molar-refractivity contribution is -0.389. The SMILES string of the molecule is CCOC(=O)[C@@H](C(=O)OC(C)(C)C)c1cnc([N+](=O)[O-])cc1C. The van der Waals surface area contributed by atoms with Crippen LogP contribution in [0.1, 0.15) is 44.7 Å². The number of pyridine rings is 1. The normalized spacial score (nSPS) is 12.4. The number of hydrogen-bond donors (Lipinski definition) is 0. The van der Waals surface area contributed by atoms with Gasteiger partial charge in [-0.05, 0) is 50.1 Å². The van der Waals surface area contributed by atoms with Crippen LogP contribution < -0.4 is 0 Å². The lowest BCUT2D eigenvalue weighted by atomic mass is 9.96. The summed E-state index contributed by atoms with van der Waals surface area (Å²) in [5, 5.41) is 10.8. The van der Waals surface area contributed by atoms with Crippen LogP contribution in [-0.4, -0.2) is 34.1 Å². The average molecular weight is 324 g/mol. The molecule has 0 saturated heterocycles. The molecule has 1 rings (SSSR count). The van der Waals surface area contributed by atoms with Gasteiger partial charge in [-0.15, -0.1) is 0 Å². The van der Waals surface area contributed by atoms with E-state index in [0.29, 0.717) is 5.56 Å². The van der Waals surface area contributed by atoms with E-state index >= 15 is 0 Å². The molecule has 1 aromatic rings. The first-order valence-electron chi connectivity index (χ1n) is 7.07. The molecule has 1 heterocycles. The van der Waals surface area contributed by atoms with Crippen LogP contribution in [0.2, 0.25) is 0 Å². The summed E-state index contributed by atoms with van der Waals surface area (Å²) in [4.78, 5) is 38.3. The minimum atomic E-state index is -1.33. The molecular formula is C15H20N2O6. The van der Waals surface area contributed by atoms with Gasteiger partial charge in [0, 0.05) is 11.6 Å². The Morgan fingerprint density at radius 3 is 2.39 bits per heavy atom. The molecule has 0 N–H and O–H groups in total. The van der Waals surface area contributed by atoms with Crippen molar-refractivity contribution >= 4 is 17.8 Å². The Kier molecular flexibility index (Phi) is 5.78. The summed E-state index contributed by atoms with van der Waals surface area (Å²) >= 11 is 0. The van der Waals surface area contributed by atoms with Crippen molar-refractivity contribution in [1.29, 1.82) is 0 Å². The second kappa shape index (κ2) is 7.17. The number of aryl methyl sites for hydroxylation is 1. The standard InChI is InChI=1S/C15H20N2O6/c1-6-22-13(18)12(14(19)23-15(3,4)5)10-8-16-11(17(20)21)7-9(10)2/h7-8,12H,6H2,1-5H3/t12-/m0/s1. The molecule has 0 aliphatic rings. The number of aromatic nitrogens is 1. The van der Waals surface area contributed by atoms with E-state index in [1.54, 1.807) is 34.6 Å². The van der Waals surface area contributed by atoms with Crippen LogP contribution in [0.3, 0.4) is 0 Å². The van der Waals surface area contributed by atoms with Gasteiger partial charge in [0.25, 0.3) is 0 Å². The van der Waals surface area contributed by atoms with Crippen LogP contribution >= 0.6 is 0 Å². The van der Waals surface area contributed by atoms with Crippen molar-refractivity contribution in [3.05, 3.63) is 33.5 Å². The lowest BCUT2D eigenvalue weighted by Gasteiger charge is -2.23. The molecule has 126 valence electrons. The summed E-state index contributed by atoms with van der Waals surface area (Å²) in [7, 11) is 0. The van der Waals surface area contributed by atoms with Crippen molar-refractivity contribution in [3.8, 4) is 0 Å². The number of nitrogens with zero attached hydrogens (tertiary/aromatic N) is 2. The fraction of sp³-hybridized carbons (Fsp3) is 0.533. The third-order valence-corrected chi connectivity index (χ3v) is 2.80. The molecule has 0 aliphatic heterocycles. The van der Waals surface area contributed by atoms with Crippen molar-refractivity contribution < 1.29 is 24.0 Å². The Labute approximate surface area is 134 Å². The van der Waals surface area contributed by atoms with Crippen molar-refractivity contribution in [3.63, 3.8) is 0 Å². The highest BCUT2D eigenvalue weighted by Gasteiger charge is 2.36. The second-order valence-electron chi connectivity index (χ2n) is 5.87. The minimum absolute atomic E-state index is 0.0948. The number of carbonyl (C=O) groups excluding carboxylic acids is 2. The first-order chi connectivity index (χ1) is 10.6. The van der Waals surface area contributed by atoms with Gasteiger partial charge in [-0.3, -0.25) is 9.59 Å². The Morgan fingerprint density at radius 2 is 1.96 bits per heavy atom. The van der Waals surface area contributed by atoms with E-state index in [-0.39, 0.29) is 18.0 Å². The zero-order valence-corrected chi connectivity index (χ0v) is 13.8. The second-order valence-corrected chi connectivity index (χ2v) is 5.87. The van der Waals surface area contributed by atoms with E-state index in [1.807, 2.05) is 0 Å². The number of nitro groups is 1. The predicted molar refractivity (Wildman–Crippen MR) is 80.8 cm³/mol. The summed E-state index contributed by atoms with van der Waals surface area (Å²) < 4.78 is 10.2. The lowest BCUT2D eigenvalue weighted by Crippen LogP contribution is -2.33. The van der Waals surface area contributed by atoms with E-state index in [9.17, 15) is 19.7 Å². The highest BCUT2D eigenvalue weighted by atomic mass is 16.6. The van der Waals surface area contributed by atoms with Gasteiger partial charge in [0.15, 0.2) is 5.92 Å². The molecule has 0 bridgehead atoms. The molecule has 0 fully saturated rings. The van der Waals surface area contributed by atoms with Crippen LogP contribution in [0.15, 0.2) is 12.3 Å². The molecule has 0 amide bonds. The molecule has 0 unspecified atom stereocenters. The van der Waals surface area contributed by atoms with E-state index in [1.165, 1.54) is 6.07 Å². The molecule has 1 aromatic heterocycles. The maximum Gasteiger partial charge on any atom is 0.363 e. The van der Waals surface area contributed by atoms with Crippen molar-refractivity contribution in [2.45, 2.75) is 46.1 Å². The fourth-order valence-electron chi connectivity index (χ4n) is 1.89. The Bertz CT molecular complexity index is 621. The molecule has 1 atom stereocenters. The van der Waals surface area contributed by atoms with Gasteiger partial charge in [0.05, 0.1) is 6.61 Å². The van der Waals surface area contributed by atoms with Gasteiger partial charge >= 0.3 is 17.8 Å². The zero-order chi connectivity index (χ0) is 17.8. The summed E-state index contributed by atoms with van der Waals surface area (Å²) in [6.07, 6.45) is 1.14. The summed E-state index contributed by atoms with van der Waals surface area (Å²) in [6.45, 7) is 8.29. The number of esters is 2. The largest absolute Gasteiger partial charge is 0.465 e. The molecule has 0 saturated carbocycles. The predicted octanol–water partition coefficient (Wildman–Crippen LogP) is 2.29.